The molecule has 4 nitrogen and oxygen atoms in total. The number of anilines is 1. The predicted octanol–water partition coefficient (Wildman–Crippen LogP) is 2.96. The fraction of sp³-hybridized carbons (Fsp3) is 0.786. The molecule has 0 radical (unpaired) electrons. The molecular weight excluding hydrogens is 226 g/mol. The van der Waals surface area contributed by atoms with Gasteiger partial charge in [-0.3, -0.25) is 9.48 Å². The van der Waals surface area contributed by atoms with Gasteiger partial charge < -0.3 is 5.73 Å². The lowest BCUT2D eigenvalue weighted by molar-refractivity contribution is 0.334. The summed E-state index contributed by atoms with van der Waals surface area (Å²) in [5, 5.41) is 0. The number of rotatable bonds is 7. The van der Waals surface area contributed by atoms with Gasteiger partial charge in [-0.15, -0.1) is 0 Å². The van der Waals surface area contributed by atoms with E-state index in [4.69, 9.17) is 5.73 Å². The molecule has 0 atom stereocenters. The molecule has 0 fully saturated rings. The van der Waals surface area contributed by atoms with Crippen molar-refractivity contribution in [3.8, 4) is 0 Å². The van der Waals surface area contributed by atoms with E-state index in [0.29, 0.717) is 5.69 Å². The molecule has 0 aliphatic heterocycles. The normalized spacial score (nSPS) is 11.4. The van der Waals surface area contributed by atoms with Gasteiger partial charge in [-0.1, -0.05) is 34.1 Å². The van der Waals surface area contributed by atoms with Crippen LogP contribution in [0, 0.1) is 0 Å². The van der Waals surface area contributed by atoms with Crippen molar-refractivity contribution in [1.82, 2.24) is 9.36 Å². The van der Waals surface area contributed by atoms with E-state index in [9.17, 15) is 4.79 Å². The maximum atomic E-state index is 12.3. The highest BCUT2D eigenvalue weighted by atomic mass is 16.1. The zero-order valence-corrected chi connectivity index (χ0v) is 12.2. The van der Waals surface area contributed by atoms with Crippen molar-refractivity contribution in [1.29, 1.82) is 0 Å². The number of hydrogen-bond acceptors (Lipinski definition) is 2. The van der Waals surface area contributed by atoms with Crippen LogP contribution in [0.4, 0.5) is 5.69 Å². The molecule has 1 aromatic heterocycles. The van der Waals surface area contributed by atoms with Crippen molar-refractivity contribution in [2.45, 2.75) is 72.4 Å². The van der Waals surface area contributed by atoms with E-state index in [1.165, 1.54) is 0 Å². The molecule has 1 rings (SSSR count). The Kier molecular flexibility index (Phi) is 5.51. The third kappa shape index (κ3) is 2.62. The Labute approximate surface area is 110 Å². The molecular formula is C14H27N3O. The van der Waals surface area contributed by atoms with E-state index in [-0.39, 0.29) is 11.6 Å². The number of nitrogens with two attached hydrogens (primary N) is 1. The van der Waals surface area contributed by atoms with Gasteiger partial charge in [0.2, 0.25) is 0 Å². The highest BCUT2D eigenvalue weighted by Gasteiger charge is 2.20. The van der Waals surface area contributed by atoms with Crippen LogP contribution in [0.25, 0.3) is 0 Å². The Hall–Kier alpha value is -1.19. The zero-order valence-electron chi connectivity index (χ0n) is 12.2. The Morgan fingerprint density at radius 2 is 1.72 bits per heavy atom. The third-order valence-electron chi connectivity index (χ3n) is 3.53. The second-order valence-corrected chi connectivity index (χ2v) is 4.85. The minimum atomic E-state index is 0.000556. The topological polar surface area (TPSA) is 53.0 Å². The summed E-state index contributed by atoms with van der Waals surface area (Å²) >= 11 is 0. The van der Waals surface area contributed by atoms with Crippen LogP contribution in [-0.2, 0) is 13.0 Å². The molecule has 0 aliphatic rings. The second kappa shape index (κ2) is 6.66. The fourth-order valence-corrected chi connectivity index (χ4v) is 2.58. The lowest BCUT2D eigenvalue weighted by atomic mass is 10.2. The Bertz CT molecular complexity index is 427. The molecule has 0 aliphatic carbocycles. The highest BCUT2D eigenvalue weighted by Crippen LogP contribution is 2.19. The SMILES string of the molecule is CCCc1c(N)c(=O)n(C(CC)CC)n1CCC. The summed E-state index contributed by atoms with van der Waals surface area (Å²) in [6.07, 6.45) is 4.85. The minimum absolute atomic E-state index is 0.000556. The Morgan fingerprint density at radius 3 is 2.17 bits per heavy atom. The second-order valence-electron chi connectivity index (χ2n) is 4.85. The number of nitrogen functional groups attached to an aromatic ring is 1. The van der Waals surface area contributed by atoms with Crippen molar-refractivity contribution < 1.29 is 0 Å². The van der Waals surface area contributed by atoms with Crippen molar-refractivity contribution in [3.63, 3.8) is 0 Å². The molecule has 0 unspecified atom stereocenters. The van der Waals surface area contributed by atoms with Gasteiger partial charge in [0.1, 0.15) is 5.69 Å². The predicted molar refractivity (Wildman–Crippen MR) is 77.0 cm³/mol. The molecule has 0 saturated carbocycles. The van der Waals surface area contributed by atoms with Crippen LogP contribution >= 0.6 is 0 Å². The summed E-state index contributed by atoms with van der Waals surface area (Å²) < 4.78 is 4.02. The fourth-order valence-electron chi connectivity index (χ4n) is 2.58. The first-order chi connectivity index (χ1) is 8.62. The quantitative estimate of drug-likeness (QED) is 0.812. The van der Waals surface area contributed by atoms with Gasteiger partial charge in [-0.05, 0) is 25.7 Å². The van der Waals surface area contributed by atoms with Crippen molar-refractivity contribution in [2.24, 2.45) is 0 Å². The zero-order chi connectivity index (χ0) is 13.7. The van der Waals surface area contributed by atoms with Crippen LogP contribution in [0.3, 0.4) is 0 Å². The molecule has 0 bridgehead atoms. The summed E-state index contributed by atoms with van der Waals surface area (Å²) in [7, 11) is 0. The van der Waals surface area contributed by atoms with Crippen molar-refractivity contribution in [3.05, 3.63) is 16.0 Å². The highest BCUT2D eigenvalue weighted by molar-refractivity contribution is 5.42. The maximum absolute atomic E-state index is 12.3. The molecule has 0 saturated heterocycles. The summed E-state index contributed by atoms with van der Waals surface area (Å²) in [6, 6.07) is 0.261. The summed E-state index contributed by atoms with van der Waals surface area (Å²) in [5.41, 5.74) is 7.49. The maximum Gasteiger partial charge on any atom is 0.290 e. The average molecular weight is 253 g/mol. The standard InChI is InChI=1S/C14H27N3O/c1-5-9-12-13(15)14(18)17(11(7-3)8-4)16(12)10-6-2/h11H,5-10,15H2,1-4H3. The molecule has 104 valence electrons. The molecule has 2 N–H and O–H groups in total. The monoisotopic (exact) mass is 253 g/mol. The molecule has 4 heteroatoms. The van der Waals surface area contributed by atoms with Crippen LogP contribution in [0.15, 0.2) is 4.79 Å². The smallest absolute Gasteiger partial charge is 0.290 e. The Balaban J connectivity index is 3.38. The van der Waals surface area contributed by atoms with Crippen LogP contribution in [0.1, 0.15) is 65.1 Å². The molecule has 0 amide bonds. The Morgan fingerprint density at radius 1 is 1.11 bits per heavy atom. The largest absolute Gasteiger partial charge is 0.393 e. The van der Waals surface area contributed by atoms with E-state index in [2.05, 4.69) is 32.4 Å². The first kappa shape index (κ1) is 14.9. The number of hydrogen-bond donors (Lipinski definition) is 1. The molecule has 1 heterocycles. The van der Waals surface area contributed by atoms with Gasteiger partial charge in [0, 0.05) is 6.54 Å². The molecule has 1 aromatic rings. The average Bonchev–Trinajstić information content (AvgIpc) is 2.59. The molecule has 0 aromatic carbocycles. The number of nitrogens with zero attached hydrogens (tertiary/aromatic N) is 2. The van der Waals surface area contributed by atoms with Gasteiger partial charge in [0.15, 0.2) is 0 Å². The van der Waals surface area contributed by atoms with E-state index in [0.717, 1.165) is 44.3 Å². The molecule has 18 heavy (non-hydrogen) atoms. The van der Waals surface area contributed by atoms with Gasteiger partial charge in [0.25, 0.3) is 5.56 Å². The van der Waals surface area contributed by atoms with Crippen LogP contribution in [0.5, 0.6) is 0 Å². The van der Waals surface area contributed by atoms with Gasteiger partial charge >= 0.3 is 0 Å². The molecule has 0 spiro atoms. The van der Waals surface area contributed by atoms with Gasteiger partial charge in [0.05, 0.1) is 11.7 Å². The van der Waals surface area contributed by atoms with Crippen LogP contribution in [-0.4, -0.2) is 9.36 Å². The van der Waals surface area contributed by atoms with Crippen molar-refractivity contribution in [2.75, 3.05) is 5.73 Å². The summed E-state index contributed by atoms with van der Waals surface area (Å²) in [5.74, 6) is 0. The summed E-state index contributed by atoms with van der Waals surface area (Å²) in [4.78, 5) is 12.3. The lowest BCUT2D eigenvalue weighted by Crippen LogP contribution is -2.28. The number of aromatic nitrogens is 2. The van der Waals surface area contributed by atoms with Crippen LogP contribution < -0.4 is 11.3 Å². The minimum Gasteiger partial charge on any atom is -0.393 e. The van der Waals surface area contributed by atoms with Crippen LogP contribution in [0.2, 0.25) is 0 Å². The third-order valence-corrected chi connectivity index (χ3v) is 3.53. The van der Waals surface area contributed by atoms with E-state index >= 15 is 0 Å². The first-order valence-electron chi connectivity index (χ1n) is 7.21. The van der Waals surface area contributed by atoms with E-state index in [1.54, 1.807) is 0 Å². The van der Waals surface area contributed by atoms with Gasteiger partial charge in [-0.25, -0.2) is 4.68 Å². The first-order valence-corrected chi connectivity index (χ1v) is 7.21. The van der Waals surface area contributed by atoms with E-state index in [1.807, 2.05) is 4.68 Å². The van der Waals surface area contributed by atoms with Crippen molar-refractivity contribution >= 4 is 5.69 Å². The lowest BCUT2D eigenvalue weighted by Gasteiger charge is -2.20. The van der Waals surface area contributed by atoms with Gasteiger partial charge in [-0.2, -0.15) is 0 Å². The van der Waals surface area contributed by atoms with E-state index < -0.39 is 0 Å². The summed E-state index contributed by atoms with van der Waals surface area (Å²) in [6.45, 7) is 9.37.